The maximum Gasteiger partial charge on any atom is 0.409 e. The van der Waals surface area contributed by atoms with E-state index in [0.717, 1.165) is 24.8 Å². The Morgan fingerprint density at radius 2 is 2.13 bits per heavy atom. The number of nitrogens with one attached hydrogen (secondary N) is 1. The van der Waals surface area contributed by atoms with Crippen LogP contribution in [0.3, 0.4) is 0 Å². The molecule has 1 aromatic carbocycles. The number of hydrogen-bond donors (Lipinski definition) is 3. The number of carbonyl (C=O) groups is 1. The molecule has 0 saturated heterocycles. The first kappa shape index (κ1) is 11.5. The third-order valence-electron chi connectivity index (χ3n) is 2.05. The molecule has 82 valence electrons. The lowest BCUT2D eigenvalue weighted by atomic mass is 10.1. The summed E-state index contributed by atoms with van der Waals surface area (Å²) in [5.74, 6) is 0. The summed E-state index contributed by atoms with van der Waals surface area (Å²) in [7, 11) is 0. The summed E-state index contributed by atoms with van der Waals surface area (Å²) >= 11 is 0. The van der Waals surface area contributed by atoms with Crippen LogP contribution < -0.4 is 5.32 Å². The summed E-state index contributed by atoms with van der Waals surface area (Å²) in [6, 6.07) is 7.29. The lowest BCUT2D eigenvalue weighted by Gasteiger charge is -2.04. The van der Waals surface area contributed by atoms with Crippen LogP contribution in [0.15, 0.2) is 24.3 Å². The number of anilines is 1. The number of rotatable bonds is 5. The van der Waals surface area contributed by atoms with Crippen molar-refractivity contribution in [2.45, 2.75) is 19.3 Å². The van der Waals surface area contributed by atoms with Gasteiger partial charge in [-0.1, -0.05) is 12.1 Å². The van der Waals surface area contributed by atoms with Gasteiger partial charge in [0.05, 0.1) is 0 Å². The Hall–Kier alpha value is -1.55. The molecular formula is C11H15NO3. The zero-order chi connectivity index (χ0) is 11.1. The Labute approximate surface area is 88.6 Å². The Bertz CT molecular complexity index is 325. The van der Waals surface area contributed by atoms with Crippen molar-refractivity contribution in [3.63, 3.8) is 0 Å². The van der Waals surface area contributed by atoms with Gasteiger partial charge in [0.2, 0.25) is 0 Å². The van der Waals surface area contributed by atoms with E-state index < -0.39 is 6.09 Å². The highest BCUT2D eigenvalue weighted by atomic mass is 16.4. The summed E-state index contributed by atoms with van der Waals surface area (Å²) in [5.41, 5.74) is 1.67. The van der Waals surface area contributed by atoms with Gasteiger partial charge in [0.25, 0.3) is 0 Å². The van der Waals surface area contributed by atoms with E-state index in [1.54, 1.807) is 6.07 Å². The van der Waals surface area contributed by atoms with Gasteiger partial charge in [-0.3, -0.25) is 5.32 Å². The van der Waals surface area contributed by atoms with Crippen LogP contribution in [0, 0.1) is 0 Å². The van der Waals surface area contributed by atoms with Crippen molar-refractivity contribution in [1.29, 1.82) is 0 Å². The topological polar surface area (TPSA) is 69.6 Å². The molecule has 1 aromatic rings. The molecule has 0 atom stereocenters. The predicted octanol–water partition coefficient (Wildman–Crippen LogP) is 2.09. The molecule has 0 spiro atoms. The van der Waals surface area contributed by atoms with Crippen LogP contribution in [0.1, 0.15) is 18.4 Å². The van der Waals surface area contributed by atoms with Crippen LogP contribution in [-0.4, -0.2) is 22.9 Å². The van der Waals surface area contributed by atoms with Gasteiger partial charge in [-0.05, 0) is 37.0 Å². The van der Waals surface area contributed by atoms with Crippen LogP contribution >= 0.6 is 0 Å². The first-order chi connectivity index (χ1) is 7.22. The van der Waals surface area contributed by atoms with E-state index in [-0.39, 0.29) is 6.61 Å². The van der Waals surface area contributed by atoms with Crippen molar-refractivity contribution >= 4 is 11.8 Å². The average molecular weight is 209 g/mol. The fraction of sp³-hybridized carbons (Fsp3) is 0.364. The third-order valence-corrected chi connectivity index (χ3v) is 2.05. The van der Waals surface area contributed by atoms with Gasteiger partial charge in [0, 0.05) is 12.3 Å². The molecular weight excluding hydrogens is 194 g/mol. The third kappa shape index (κ3) is 4.46. The summed E-state index contributed by atoms with van der Waals surface area (Å²) in [4.78, 5) is 10.4. The van der Waals surface area contributed by atoms with Gasteiger partial charge in [0.1, 0.15) is 0 Å². The summed E-state index contributed by atoms with van der Waals surface area (Å²) in [5, 5.41) is 19.5. The molecule has 0 aromatic heterocycles. The van der Waals surface area contributed by atoms with Gasteiger partial charge < -0.3 is 10.2 Å². The zero-order valence-electron chi connectivity index (χ0n) is 8.44. The van der Waals surface area contributed by atoms with Gasteiger partial charge in [0.15, 0.2) is 0 Å². The van der Waals surface area contributed by atoms with Crippen LogP contribution in [-0.2, 0) is 6.42 Å². The second-order valence-corrected chi connectivity index (χ2v) is 3.31. The lowest BCUT2D eigenvalue weighted by molar-refractivity contribution is 0.210. The number of aliphatic hydroxyl groups is 1. The minimum atomic E-state index is -1.05. The van der Waals surface area contributed by atoms with E-state index in [9.17, 15) is 4.79 Å². The highest BCUT2D eigenvalue weighted by Crippen LogP contribution is 2.12. The van der Waals surface area contributed by atoms with Gasteiger partial charge in [-0.2, -0.15) is 0 Å². The molecule has 0 saturated carbocycles. The molecule has 0 heterocycles. The molecule has 0 fully saturated rings. The molecule has 0 bridgehead atoms. The molecule has 1 rings (SSSR count). The van der Waals surface area contributed by atoms with Crippen molar-refractivity contribution in [2.24, 2.45) is 0 Å². The quantitative estimate of drug-likeness (QED) is 0.650. The van der Waals surface area contributed by atoms with Crippen LogP contribution in [0.5, 0.6) is 0 Å². The molecule has 15 heavy (non-hydrogen) atoms. The highest BCUT2D eigenvalue weighted by Gasteiger charge is 1.99. The average Bonchev–Trinajstić information content (AvgIpc) is 2.18. The van der Waals surface area contributed by atoms with Crippen molar-refractivity contribution in [1.82, 2.24) is 0 Å². The first-order valence-electron chi connectivity index (χ1n) is 4.92. The van der Waals surface area contributed by atoms with Crippen molar-refractivity contribution in [3.05, 3.63) is 29.8 Å². The van der Waals surface area contributed by atoms with Gasteiger partial charge in [-0.15, -0.1) is 0 Å². The minimum Gasteiger partial charge on any atom is -0.465 e. The maximum absolute atomic E-state index is 10.4. The molecule has 0 unspecified atom stereocenters. The van der Waals surface area contributed by atoms with E-state index in [4.69, 9.17) is 10.2 Å². The number of aliphatic hydroxyl groups excluding tert-OH is 1. The summed E-state index contributed by atoms with van der Waals surface area (Å²) in [6.07, 6.45) is 1.49. The second kappa shape index (κ2) is 6.03. The monoisotopic (exact) mass is 209 g/mol. The number of hydrogen-bond acceptors (Lipinski definition) is 2. The number of benzene rings is 1. The Morgan fingerprint density at radius 3 is 2.80 bits per heavy atom. The fourth-order valence-corrected chi connectivity index (χ4v) is 1.37. The second-order valence-electron chi connectivity index (χ2n) is 3.31. The van der Waals surface area contributed by atoms with E-state index in [0.29, 0.717) is 5.69 Å². The molecule has 3 N–H and O–H groups in total. The standard InChI is InChI=1S/C11H15NO3/c13-7-2-1-4-9-5-3-6-10(8-9)12-11(14)15/h3,5-6,8,12-13H,1-2,4,7H2,(H,14,15). The molecule has 4 nitrogen and oxygen atoms in total. The smallest absolute Gasteiger partial charge is 0.409 e. The number of unbranched alkanes of at least 4 members (excludes halogenated alkanes) is 1. The Balaban J connectivity index is 2.53. The molecule has 0 aliphatic heterocycles. The fourth-order valence-electron chi connectivity index (χ4n) is 1.37. The minimum absolute atomic E-state index is 0.201. The molecule has 0 aliphatic rings. The summed E-state index contributed by atoms with van der Waals surface area (Å²) in [6.45, 7) is 0.201. The number of carboxylic acid groups (broad SMARTS) is 1. The van der Waals surface area contributed by atoms with E-state index in [1.165, 1.54) is 0 Å². The van der Waals surface area contributed by atoms with Gasteiger partial charge in [-0.25, -0.2) is 4.79 Å². The van der Waals surface area contributed by atoms with Crippen LogP contribution in [0.4, 0.5) is 10.5 Å². The molecule has 1 amide bonds. The van der Waals surface area contributed by atoms with E-state index in [1.807, 2.05) is 18.2 Å². The van der Waals surface area contributed by atoms with Gasteiger partial charge >= 0.3 is 6.09 Å². The van der Waals surface area contributed by atoms with Crippen molar-refractivity contribution in [3.8, 4) is 0 Å². The number of aryl methyl sites for hydroxylation is 1. The van der Waals surface area contributed by atoms with Crippen molar-refractivity contribution < 1.29 is 15.0 Å². The lowest BCUT2D eigenvalue weighted by Crippen LogP contribution is -2.07. The van der Waals surface area contributed by atoms with E-state index in [2.05, 4.69) is 5.32 Å². The largest absolute Gasteiger partial charge is 0.465 e. The molecule has 0 aliphatic carbocycles. The van der Waals surface area contributed by atoms with Crippen molar-refractivity contribution in [2.75, 3.05) is 11.9 Å². The highest BCUT2D eigenvalue weighted by molar-refractivity contribution is 5.82. The molecule has 4 heteroatoms. The Kier molecular flexibility index (Phi) is 4.63. The van der Waals surface area contributed by atoms with Crippen LogP contribution in [0.2, 0.25) is 0 Å². The maximum atomic E-state index is 10.4. The van der Waals surface area contributed by atoms with E-state index >= 15 is 0 Å². The number of amides is 1. The first-order valence-corrected chi connectivity index (χ1v) is 4.92. The van der Waals surface area contributed by atoms with Crippen LogP contribution in [0.25, 0.3) is 0 Å². The molecule has 0 radical (unpaired) electrons. The predicted molar refractivity (Wildman–Crippen MR) is 58.1 cm³/mol. The normalized spacial score (nSPS) is 9.93. The zero-order valence-corrected chi connectivity index (χ0v) is 8.44. The Morgan fingerprint density at radius 1 is 1.33 bits per heavy atom. The SMILES string of the molecule is O=C(O)Nc1cccc(CCCCO)c1. The summed E-state index contributed by atoms with van der Waals surface area (Å²) < 4.78 is 0.